The number of allylic oxidation sites excluding steroid dienone is 2. The highest BCUT2D eigenvalue weighted by atomic mass is 28.4. The van der Waals surface area contributed by atoms with E-state index in [0.717, 1.165) is 6.61 Å². The normalized spacial score (nSPS) is 12.9. The van der Waals surface area contributed by atoms with Gasteiger partial charge in [0.05, 0.1) is 0 Å². The Hall–Kier alpha value is -0.0831. The summed E-state index contributed by atoms with van der Waals surface area (Å²) in [5.41, 5.74) is 0. The van der Waals surface area contributed by atoms with Crippen molar-refractivity contribution in [2.75, 3.05) is 6.61 Å². The Morgan fingerprint density at radius 1 is 0.773 bits per heavy atom. The van der Waals surface area contributed by atoms with Crippen molar-refractivity contribution in [3.05, 3.63) is 11.3 Å². The molecular formula is C20H42OSi. The molecule has 0 atom stereocenters. The summed E-state index contributed by atoms with van der Waals surface area (Å²) in [7, 11) is -1.63. The second-order valence-corrected chi connectivity index (χ2v) is 11.1. The van der Waals surface area contributed by atoms with Gasteiger partial charge in [0.1, 0.15) is 0 Å². The molecule has 0 unspecified atom stereocenters. The van der Waals surface area contributed by atoms with Crippen LogP contribution in [0.2, 0.25) is 13.1 Å². The molecule has 0 N–H and O–H groups in total. The molecule has 0 aliphatic heterocycles. The Labute approximate surface area is 142 Å². The lowest BCUT2D eigenvalue weighted by Crippen LogP contribution is -2.34. The summed E-state index contributed by atoms with van der Waals surface area (Å²) >= 11 is 0. The number of hydrogen-bond acceptors (Lipinski definition) is 1. The average Bonchev–Trinajstić information content (AvgIpc) is 2.49. The summed E-state index contributed by atoms with van der Waals surface area (Å²) in [6, 6.07) is 0. The highest BCUT2D eigenvalue weighted by molar-refractivity contribution is 6.78. The minimum absolute atomic E-state index is 0.955. The Balaban J connectivity index is 4.25. The molecule has 2 heteroatoms. The maximum Gasteiger partial charge on any atom is 0.213 e. The van der Waals surface area contributed by atoms with E-state index >= 15 is 0 Å². The van der Waals surface area contributed by atoms with Crippen molar-refractivity contribution in [3.8, 4) is 0 Å². The van der Waals surface area contributed by atoms with Crippen LogP contribution in [0, 0.1) is 0 Å². The molecule has 22 heavy (non-hydrogen) atoms. The summed E-state index contributed by atoms with van der Waals surface area (Å²) in [5, 5.41) is 1.67. The van der Waals surface area contributed by atoms with Crippen molar-refractivity contribution >= 4 is 8.32 Å². The second kappa shape index (κ2) is 14.5. The first kappa shape index (κ1) is 21.9. The SMILES string of the molecule is CCCCCCCC/C=C(\CCCC)[Si](C)(C)OCCCC. The van der Waals surface area contributed by atoms with Crippen molar-refractivity contribution in [2.45, 2.75) is 111 Å². The Morgan fingerprint density at radius 2 is 1.36 bits per heavy atom. The molecule has 132 valence electrons. The van der Waals surface area contributed by atoms with Crippen LogP contribution in [0.4, 0.5) is 0 Å². The number of hydrogen-bond donors (Lipinski definition) is 0. The van der Waals surface area contributed by atoms with Gasteiger partial charge in [-0.1, -0.05) is 83.4 Å². The van der Waals surface area contributed by atoms with E-state index in [9.17, 15) is 0 Å². The van der Waals surface area contributed by atoms with Crippen LogP contribution in [-0.4, -0.2) is 14.9 Å². The smallest absolute Gasteiger partial charge is 0.213 e. The number of rotatable bonds is 15. The number of unbranched alkanes of at least 4 members (excludes halogenated alkanes) is 8. The molecular weight excluding hydrogens is 284 g/mol. The topological polar surface area (TPSA) is 9.23 Å². The minimum atomic E-state index is -1.63. The van der Waals surface area contributed by atoms with E-state index in [1.807, 2.05) is 0 Å². The van der Waals surface area contributed by atoms with Crippen molar-refractivity contribution in [3.63, 3.8) is 0 Å². The molecule has 0 aromatic heterocycles. The second-order valence-electron chi connectivity index (χ2n) is 7.10. The van der Waals surface area contributed by atoms with Gasteiger partial charge in [-0.3, -0.25) is 0 Å². The lowest BCUT2D eigenvalue weighted by atomic mass is 10.1. The van der Waals surface area contributed by atoms with Crippen LogP contribution >= 0.6 is 0 Å². The Morgan fingerprint density at radius 3 is 2.00 bits per heavy atom. The van der Waals surface area contributed by atoms with E-state index in [1.165, 1.54) is 77.0 Å². The molecule has 1 nitrogen and oxygen atoms in total. The van der Waals surface area contributed by atoms with Gasteiger partial charge in [0, 0.05) is 6.61 Å². The zero-order valence-corrected chi connectivity index (χ0v) is 17.2. The standard InChI is InChI=1S/C20H42OSi/c1-6-9-12-13-14-15-16-18-20(17-10-7-2)22(4,5)21-19-11-8-3/h18H,6-17,19H2,1-5H3/b20-18+. The first-order valence-electron chi connectivity index (χ1n) is 9.91. The lowest BCUT2D eigenvalue weighted by molar-refractivity contribution is 0.303. The average molecular weight is 327 g/mol. The first-order chi connectivity index (χ1) is 10.6. The maximum absolute atomic E-state index is 6.31. The van der Waals surface area contributed by atoms with E-state index in [4.69, 9.17) is 4.43 Å². The zero-order chi connectivity index (χ0) is 16.7. The molecule has 0 aromatic rings. The summed E-state index contributed by atoms with van der Waals surface area (Å²) in [6.07, 6.45) is 18.5. The molecule has 0 aromatic carbocycles. The zero-order valence-electron chi connectivity index (χ0n) is 16.2. The summed E-state index contributed by atoms with van der Waals surface area (Å²) in [4.78, 5) is 0. The molecule has 0 amide bonds. The first-order valence-corrected chi connectivity index (χ1v) is 12.8. The van der Waals surface area contributed by atoms with Gasteiger partial charge in [0.2, 0.25) is 8.32 Å². The predicted octanol–water partition coefficient (Wildman–Crippen LogP) is 7.41. The molecule has 0 rings (SSSR count). The summed E-state index contributed by atoms with van der Waals surface area (Å²) < 4.78 is 6.31. The van der Waals surface area contributed by atoms with Crippen molar-refractivity contribution in [1.82, 2.24) is 0 Å². The molecule has 0 aliphatic carbocycles. The van der Waals surface area contributed by atoms with Crippen LogP contribution in [0.1, 0.15) is 97.8 Å². The molecule has 0 saturated carbocycles. The molecule has 0 aliphatic rings. The van der Waals surface area contributed by atoms with Crippen LogP contribution in [0.25, 0.3) is 0 Å². The van der Waals surface area contributed by atoms with Crippen LogP contribution in [-0.2, 0) is 4.43 Å². The molecule has 0 fully saturated rings. The maximum atomic E-state index is 6.31. The van der Waals surface area contributed by atoms with Gasteiger partial charge in [0.15, 0.2) is 0 Å². The van der Waals surface area contributed by atoms with E-state index in [0.29, 0.717) is 0 Å². The van der Waals surface area contributed by atoms with Gasteiger partial charge in [-0.25, -0.2) is 0 Å². The van der Waals surface area contributed by atoms with E-state index in [2.05, 4.69) is 39.9 Å². The Bertz CT molecular complexity index is 271. The van der Waals surface area contributed by atoms with Gasteiger partial charge < -0.3 is 4.43 Å². The van der Waals surface area contributed by atoms with Crippen LogP contribution in [0.5, 0.6) is 0 Å². The highest BCUT2D eigenvalue weighted by Crippen LogP contribution is 2.24. The van der Waals surface area contributed by atoms with Crippen LogP contribution in [0.15, 0.2) is 11.3 Å². The lowest BCUT2D eigenvalue weighted by Gasteiger charge is -2.26. The molecule has 0 bridgehead atoms. The minimum Gasteiger partial charge on any atom is -0.413 e. The molecule has 0 heterocycles. The van der Waals surface area contributed by atoms with Gasteiger partial charge in [0.25, 0.3) is 0 Å². The monoisotopic (exact) mass is 326 g/mol. The van der Waals surface area contributed by atoms with Crippen LogP contribution < -0.4 is 0 Å². The van der Waals surface area contributed by atoms with Crippen molar-refractivity contribution in [1.29, 1.82) is 0 Å². The fraction of sp³-hybridized carbons (Fsp3) is 0.900. The van der Waals surface area contributed by atoms with Crippen molar-refractivity contribution < 1.29 is 4.43 Å². The predicted molar refractivity (Wildman–Crippen MR) is 104 cm³/mol. The Kier molecular flexibility index (Phi) is 14.5. The van der Waals surface area contributed by atoms with Gasteiger partial charge in [-0.15, -0.1) is 0 Å². The third-order valence-corrected chi connectivity index (χ3v) is 7.41. The molecule has 0 spiro atoms. The highest BCUT2D eigenvalue weighted by Gasteiger charge is 2.26. The third kappa shape index (κ3) is 11.5. The van der Waals surface area contributed by atoms with Gasteiger partial charge in [-0.2, -0.15) is 0 Å². The van der Waals surface area contributed by atoms with E-state index in [-0.39, 0.29) is 0 Å². The molecule has 0 saturated heterocycles. The van der Waals surface area contributed by atoms with E-state index < -0.39 is 8.32 Å². The third-order valence-electron chi connectivity index (χ3n) is 4.48. The summed E-state index contributed by atoms with van der Waals surface area (Å²) in [5.74, 6) is 0. The van der Waals surface area contributed by atoms with Gasteiger partial charge in [-0.05, 0) is 38.8 Å². The quantitative estimate of drug-likeness (QED) is 0.225. The van der Waals surface area contributed by atoms with Gasteiger partial charge >= 0.3 is 0 Å². The van der Waals surface area contributed by atoms with Crippen LogP contribution in [0.3, 0.4) is 0 Å². The molecule has 0 radical (unpaired) electrons. The van der Waals surface area contributed by atoms with Crippen molar-refractivity contribution in [2.24, 2.45) is 0 Å². The fourth-order valence-electron chi connectivity index (χ4n) is 2.78. The van der Waals surface area contributed by atoms with E-state index in [1.54, 1.807) is 5.20 Å². The largest absolute Gasteiger partial charge is 0.413 e. The fourth-order valence-corrected chi connectivity index (χ4v) is 5.04. The summed E-state index contributed by atoms with van der Waals surface area (Å²) in [6.45, 7) is 12.6.